The fraction of sp³-hybridized carbons (Fsp3) is 0.0667. The van der Waals surface area contributed by atoms with Crippen LogP contribution in [0.3, 0.4) is 0 Å². The predicted molar refractivity (Wildman–Crippen MR) is 88.5 cm³/mol. The summed E-state index contributed by atoms with van der Waals surface area (Å²) in [5, 5.41) is 15.7. The topological polar surface area (TPSA) is 69.6 Å². The largest absolute Gasteiger partial charge is 0.472 e. The minimum absolute atomic E-state index is 0.710. The quantitative estimate of drug-likeness (QED) is 0.516. The average molecular weight is 341 g/mol. The Bertz CT molecular complexity index is 886. The molecule has 3 heterocycles. The summed E-state index contributed by atoms with van der Waals surface area (Å²) in [7, 11) is 0. The van der Waals surface area contributed by atoms with Gasteiger partial charge in [-0.15, -0.1) is 16.4 Å². The molecule has 0 saturated heterocycles. The number of nitrogens with zero attached hydrogens (tertiary/aromatic N) is 5. The van der Waals surface area contributed by atoms with Gasteiger partial charge in [0.15, 0.2) is 0 Å². The molecular formula is C15H11N5OS2. The third-order valence-corrected chi connectivity index (χ3v) is 5.00. The van der Waals surface area contributed by atoms with Gasteiger partial charge in [0.2, 0.25) is 5.16 Å². The zero-order valence-electron chi connectivity index (χ0n) is 11.9. The highest BCUT2D eigenvalue weighted by atomic mass is 32.2. The summed E-state index contributed by atoms with van der Waals surface area (Å²) in [6.45, 7) is 0. The standard InChI is InChI=1S/C15H11N5OS2/c1-2-4-13(5-3-1)20-15(17-18-19-20)23-10-12-9-22-14(16-12)11-6-7-21-8-11/h1-9H,10H2. The lowest BCUT2D eigenvalue weighted by atomic mass is 10.3. The van der Waals surface area contributed by atoms with Crippen LogP contribution in [0.4, 0.5) is 0 Å². The maximum atomic E-state index is 5.09. The molecule has 0 aliphatic rings. The molecule has 23 heavy (non-hydrogen) atoms. The summed E-state index contributed by atoms with van der Waals surface area (Å²) in [4.78, 5) is 4.61. The van der Waals surface area contributed by atoms with Crippen molar-refractivity contribution in [2.24, 2.45) is 0 Å². The van der Waals surface area contributed by atoms with Gasteiger partial charge >= 0.3 is 0 Å². The molecule has 0 spiro atoms. The molecule has 0 fully saturated rings. The van der Waals surface area contributed by atoms with E-state index in [0.717, 1.165) is 27.1 Å². The Kier molecular flexibility index (Phi) is 3.91. The van der Waals surface area contributed by atoms with Crippen LogP contribution in [0.2, 0.25) is 0 Å². The number of thioether (sulfide) groups is 1. The van der Waals surface area contributed by atoms with E-state index in [-0.39, 0.29) is 0 Å². The van der Waals surface area contributed by atoms with Crippen molar-refractivity contribution in [3.63, 3.8) is 0 Å². The number of hydrogen-bond acceptors (Lipinski definition) is 7. The second kappa shape index (κ2) is 6.35. The monoisotopic (exact) mass is 341 g/mol. The van der Waals surface area contributed by atoms with E-state index >= 15 is 0 Å². The van der Waals surface area contributed by atoms with Crippen LogP contribution in [0, 0.1) is 0 Å². The van der Waals surface area contributed by atoms with Crippen LogP contribution in [0.1, 0.15) is 5.69 Å². The first kappa shape index (κ1) is 14.2. The van der Waals surface area contributed by atoms with Gasteiger partial charge in [-0.2, -0.15) is 4.68 Å². The molecule has 0 N–H and O–H groups in total. The van der Waals surface area contributed by atoms with Crippen molar-refractivity contribution in [3.8, 4) is 16.3 Å². The van der Waals surface area contributed by atoms with E-state index < -0.39 is 0 Å². The molecule has 0 saturated carbocycles. The van der Waals surface area contributed by atoms with E-state index in [1.807, 2.05) is 41.8 Å². The van der Waals surface area contributed by atoms with Gasteiger partial charge in [-0.3, -0.25) is 0 Å². The van der Waals surface area contributed by atoms with Crippen LogP contribution >= 0.6 is 23.1 Å². The fourth-order valence-electron chi connectivity index (χ4n) is 2.03. The Labute approximate surface area is 140 Å². The molecule has 0 unspecified atom stereocenters. The Morgan fingerprint density at radius 3 is 2.91 bits per heavy atom. The van der Waals surface area contributed by atoms with Crippen LogP contribution in [-0.2, 0) is 5.75 Å². The minimum Gasteiger partial charge on any atom is -0.472 e. The molecule has 0 atom stereocenters. The number of tetrazole rings is 1. The summed E-state index contributed by atoms with van der Waals surface area (Å²) in [6.07, 6.45) is 3.35. The zero-order chi connectivity index (χ0) is 15.5. The Morgan fingerprint density at radius 1 is 1.17 bits per heavy atom. The highest BCUT2D eigenvalue weighted by Crippen LogP contribution is 2.27. The second-order valence-corrected chi connectivity index (χ2v) is 6.45. The minimum atomic E-state index is 0.710. The molecule has 3 aromatic heterocycles. The van der Waals surface area contributed by atoms with Crippen molar-refractivity contribution in [1.29, 1.82) is 0 Å². The van der Waals surface area contributed by atoms with Crippen LogP contribution in [0.15, 0.2) is 63.9 Å². The van der Waals surface area contributed by atoms with Crippen LogP contribution in [0.5, 0.6) is 0 Å². The van der Waals surface area contributed by atoms with Gasteiger partial charge in [-0.1, -0.05) is 30.0 Å². The highest BCUT2D eigenvalue weighted by Gasteiger charge is 2.11. The van der Waals surface area contributed by atoms with Crippen LogP contribution in [0.25, 0.3) is 16.3 Å². The number of thiazole rings is 1. The summed E-state index contributed by atoms with van der Waals surface area (Å²) in [6, 6.07) is 11.7. The van der Waals surface area contributed by atoms with E-state index in [9.17, 15) is 0 Å². The summed E-state index contributed by atoms with van der Waals surface area (Å²) in [5.41, 5.74) is 2.94. The molecular weight excluding hydrogens is 330 g/mol. The van der Waals surface area contributed by atoms with Gasteiger partial charge in [0, 0.05) is 16.7 Å². The molecule has 0 amide bonds. The Hall–Kier alpha value is -2.45. The van der Waals surface area contributed by atoms with E-state index in [0.29, 0.717) is 5.75 Å². The van der Waals surface area contributed by atoms with Crippen molar-refractivity contribution in [3.05, 3.63) is 60.0 Å². The van der Waals surface area contributed by atoms with Crippen molar-refractivity contribution in [1.82, 2.24) is 25.2 Å². The fourth-order valence-corrected chi connectivity index (χ4v) is 3.73. The van der Waals surface area contributed by atoms with Gasteiger partial charge < -0.3 is 4.42 Å². The SMILES string of the molecule is c1ccc(-n2nnnc2SCc2csc(-c3ccoc3)n2)cc1. The van der Waals surface area contributed by atoms with Gasteiger partial charge in [0.1, 0.15) is 11.3 Å². The van der Waals surface area contributed by atoms with Gasteiger partial charge in [-0.05, 0) is 28.6 Å². The third-order valence-electron chi connectivity index (χ3n) is 3.11. The van der Waals surface area contributed by atoms with Crippen LogP contribution in [-0.4, -0.2) is 25.2 Å². The molecule has 0 aliphatic carbocycles. The smallest absolute Gasteiger partial charge is 0.214 e. The molecule has 1 aromatic carbocycles. The summed E-state index contributed by atoms with van der Waals surface area (Å²) >= 11 is 3.16. The number of para-hydroxylation sites is 1. The molecule has 4 rings (SSSR count). The molecule has 4 aromatic rings. The Balaban J connectivity index is 1.49. The normalized spacial score (nSPS) is 11.0. The average Bonchev–Trinajstić information content (AvgIpc) is 3.33. The maximum absolute atomic E-state index is 5.09. The van der Waals surface area contributed by atoms with E-state index in [1.165, 1.54) is 0 Å². The number of furan rings is 1. The molecule has 6 nitrogen and oxygen atoms in total. The zero-order valence-corrected chi connectivity index (χ0v) is 13.5. The number of aromatic nitrogens is 5. The van der Waals surface area contributed by atoms with Crippen molar-refractivity contribution in [2.75, 3.05) is 0 Å². The first-order valence-electron chi connectivity index (χ1n) is 6.84. The van der Waals surface area contributed by atoms with E-state index in [4.69, 9.17) is 4.42 Å². The molecule has 0 radical (unpaired) electrons. The Morgan fingerprint density at radius 2 is 2.09 bits per heavy atom. The van der Waals surface area contributed by atoms with Gasteiger partial charge in [0.05, 0.1) is 17.6 Å². The predicted octanol–water partition coefficient (Wildman–Crippen LogP) is 3.67. The lowest BCUT2D eigenvalue weighted by molar-refractivity contribution is 0.568. The highest BCUT2D eigenvalue weighted by molar-refractivity contribution is 7.98. The van der Waals surface area contributed by atoms with Gasteiger partial charge in [-0.25, -0.2) is 4.98 Å². The summed E-state index contributed by atoms with van der Waals surface area (Å²) < 4.78 is 6.82. The first-order chi connectivity index (χ1) is 11.4. The second-order valence-electron chi connectivity index (χ2n) is 4.65. The van der Waals surface area contributed by atoms with E-state index in [2.05, 4.69) is 20.5 Å². The maximum Gasteiger partial charge on any atom is 0.214 e. The van der Waals surface area contributed by atoms with E-state index in [1.54, 1.807) is 40.3 Å². The lowest BCUT2D eigenvalue weighted by Crippen LogP contribution is -1.98. The van der Waals surface area contributed by atoms with Crippen molar-refractivity contribution in [2.45, 2.75) is 10.9 Å². The van der Waals surface area contributed by atoms with Crippen molar-refractivity contribution < 1.29 is 4.42 Å². The molecule has 0 aliphatic heterocycles. The molecule has 8 heteroatoms. The summed E-state index contributed by atoms with van der Waals surface area (Å²) in [5.74, 6) is 0.710. The van der Waals surface area contributed by atoms with Gasteiger partial charge in [0.25, 0.3) is 0 Å². The van der Waals surface area contributed by atoms with Crippen molar-refractivity contribution >= 4 is 23.1 Å². The third kappa shape index (κ3) is 3.03. The number of benzene rings is 1. The first-order valence-corrected chi connectivity index (χ1v) is 8.70. The number of hydrogen-bond donors (Lipinski definition) is 0. The molecule has 0 bridgehead atoms. The number of rotatable bonds is 5. The molecule has 114 valence electrons. The van der Waals surface area contributed by atoms with Crippen LogP contribution < -0.4 is 0 Å². The lowest BCUT2D eigenvalue weighted by Gasteiger charge is -2.02.